The van der Waals surface area contributed by atoms with Gasteiger partial charge in [0.15, 0.2) is 0 Å². The SMILES string of the molecule is CC(=O)CCOCc1ccc(C)cc1. The number of carbonyl (C=O) groups excluding carboxylic acids is 1. The molecule has 2 nitrogen and oxygen atoms in total. The molecule has 0 unspecified atom stereocenters. The summed E-state index contributed by atoms with van der Waals surface area (Å²) in [6.45, 7) is 4.74. The van der Waals surface area contributed by atoms with Crippen LogP contribution in [-0.4, -0.2) is 12.4 Å². The van der Waals surface area contributed by atoms with Crippen LogP contribution < -0.4 is 0 Å². The van der Waals surface area contributed by atoms with Crippen LogP contribution in [0, 0.1) is 6.92 Å². The summed E-state index contributed by atoms with van der Waals surface area (Å²) in [4.78, 5) is 10.6. The van der Waals surface area contributed by atoms with Crippen molar-refractivity contribution in [3.8, 4) is 0 Å². The zero-order valence-corrected chi connectivity index (χ0v) is 8.75. The highest BCUT2D eigenvalue weighted by Gasteiger charge is 1.95. The molecule has 0 aliphatic carbocycles. The molecule has 2 heteroatoms. The van der Waals surface area contributed by atoms with Crippen molar-refractivity contribution >= 4 is 5.78 Å². The van der Waals surface area contributed by atoms with E-state index in [9.17, 15) is 4.79 Å². The first-order valence-electron chi connectivity index (χ1n) is 4.81. The number of hydrogen-bond acceptors (Lipinski definition) is 2. The quantitative estimate of drug-likeness (QED) is 0.670. The fraction of sp³-hybridized carbons (Fsp3) is 0.417. The molecular weight excluding hydrogens is 176 g/mol. The molecule has 0 atom stereocenters. The molecule has 1 aromatic carbocycles. The van der Waals surface area contributed by atoms with Gasteiger partial charge in [-0.15, -0.1) is 0 Å². The maximum absolute atomic E-state index is 10.6. The Hall–Kier alpha value is -1.15. The van der Waals surface area contributed by atoms with Crippen molar-refractivity contribution in [1.82, 2.24) is 0 Å². The fourth-order valence-corrected chi connectivity index (χ4v) is 1.09. The minimum absolute atomic E-state index is 0.175. The van der Waals surface area contributed by atoms with Crippen molar-refractivity contribution in [2.75, 3.05) is 6.61 Å². The highest BCUT2D eigenvalue weighted by Crippen LogP contribution is 2.04. The normalized spacial score (nSPS) is 10.1. The lowest BCUT2D eigenvalue weighted by molar-refractivity contribution is -0.118. The van der Waals surface area contributed by atoms with Crippen LogP contribution in [0.15, 0.2) is 24.3 Å². The van der Waals surface area contributed by atoms with Crippen LogP contribution in [0.1, 0.15) is 24.5 Å². The Morgan fingerprint density at radius 1 is 1.29 bits per heavy atom. The summed E-state index contributed by atoms with van der Waals surface area (Å²) in [5, 5.41) is 0. The molecule has 1 aromatic rings. The molecule has 0 N–H and O–H groups in total. The topological polar surface area (TPSA) is 26.3 Å². The van der Waals surface area contributed by atoms with Gasteiger partial charge in [0.1, 0.15) is 5.78 Å². The zero-order valence-electron chi connectivity index (χ0n) is 8.75. The minimum Gasteiger partial charge on any atom is -0.376 e. The average molecular weight is 192 g/mol. The maximum Gasteiger partial charge on any atom is 0.132 e. The molecule has 0 amide bonds. The van der Waals surface area contributed by atoms with Crippen LogP contribution in [-0.2, 0) is 16.1 Å². The molecule has 0 aromatic heterocycles. The van der Waals surface area contributed by atoms with Crippen molar-refractivity contribution in [1.29, 1.82) is 0 Å². The second-order valence-corrected chi connectivity index (χ2v) is 3.49. The van der Waals surface area contributed by atoms with Gasteiger partial charge in [0.25, 0.3) is 0 Å². The number of hydrogen-bond donors (Lipinski definition) is 0. The Morgan fingerprint density at radius 3 is 2.50 bits per heavy atom. The van der Waals surface area contributed by atoms with Crippen LogP contribution in [0.4, 0.5) is 0 Å². The molecule has 1 rings (SSSR count). The summed E-state index contributed by atoms with van der Waals surface area (Å²) in [6.07, 6.45) is 0.506. The lowest BCUT2D eigenvalue weighted by Crippen LogP contribution is -2.00. The fourth-order valence-electron chi connectivity index (χ4n) is 1.09. The molecule has 0 bridgehead atoms. The number of aryl methyl sites for hydroxylation is 1. The van der Waals surface area contributed by atoms with Gasteiger partial charge in [-0.3, -0.25) is 4.79 Å². The summed E-state index contributed by atoms with van der Waals surface area (Å²) in [6, 6.07) is 8.21. The minimum atomic E-state index is 0.175. The van der Waals surface area contributed by atoms with E-state index < -0.39 is 0 Å². The summed E-state index contributed by atoms with van der Waals surface area (Å²) in [5.74, 6) is 0.175. The number of ketones is 1. The molecule has 0 saturated heterocycles. The molecule has 0 aliphatic rings. The largest absolute Gasteiger partial charge is 0.376 e. The van der Waals surface area contributed by atoms with E-state index in [2.05, 4.69) is 19.1 Å². The Morgan fingerprint density at radius 2 is 1.93 bits per heavy atom. The first kappa shape index (κ1) is 10.9. The van der Waals surface area contributed by atoms with Gasteiger partial charge in [-0.25, -0.2) is 0 Å². The Balaban J connectivity index is 2.25. The number of carbonyl (C=O) groups is 1. The molecule has 14 heavy (non-hydrogen) atoms. The third-order valence-electron chi connectivity index (χ3n) is 1.99. The van der Waals surface area contributed by atoms with E-state index in [0.717, 1.165) is 5.56 Å². The predicted molar refractivity (Wildman–Crippen MR) is 56.1 cm³/mol. The van der Waals surface area contributed by atoms with Gasteiger partial charge in [0.05, 0.1) is 13.2 Å². The van der Waals surface area contributed by atoms with Crippen molar-refractivity contribution in [3.05, 3.63) is 35.4 Å². The van der Waals surface area contributed by atoms with Gasteiger partial charge in [-0.05, 0) is 19.4 Å². The van der Waals surface area contributed by atoms with E-state index in [1.54, 1.807) is 6.92 Å². The average Bonchev–Trinajstić information content (AvgIpc) is 2.15. The van der Waals surface area contributed by atoms with Crippen molar-refractivity contribution in [2.45, 2.75) is 26.9 Å². The lowest BCUT2D eigenvalue weighted by Gasteiger charge is -2.03. The summed E-state index contributed by atoms with van der Waals surface area (Å²) < 4.78 is 5.35. The van der Waals surface area contributed by atoms with Crippen LogP contribution >= 0.6 is 0 Å². The first-order chi connectivity index (χ1) is 6.68. The number of ether oxygens (including phenoxy) is 1. The van der Waals surface area contributed by atoms with Gasteiger partial charge in [-0.2, -0.15) is 0 Å². The lowest BCUT2D eigenvalue weighted by atomic mass is 10.2. The smallest absolute Gasteiger partial charge is 0.132 e. The van der Waals surface area contributed by atoms with Crippen LogP contribution in [0.2, 0.25) is 0 Å². The second kappa shape index (κ2) is 5.55. The number of rotatable bonds is 5. The van der Waals surface area contributed by atoms with E-state index >= 15 is 0 Å². The molecule has 0 aliphatic heterocycles. The summed E-state index contributed by atoms with van der Waals surface area (Å²) in [7, 11) is 0. The van der Waals surface area contributed by atoms with E-state index in [1.165, 1.54) is 5.56 Å². The van der Waals surface area contributed by atoms with Crippen molar-refractivity contribution in [2.24, 2.45) is 0 Å². The second-order valence-electron chi connectivity index (χ2n) is 3.49. The van der Waals surface area contributed by atoms with Gasteiger partial charge >= 0.3 is 0 Å². The zero-order chi connectivity index (χ0) is 10.4. The monoisotopic (exact) mass is 192 g/mol. The molecule has 0 fully saturated rings. The van der Waals surface area contributed by atoms with E-state index in [0.29, 0.717) is 19.6 Å². The molecule has 76 valence electrons. The van der Waals surface area contributed by atoms with Gasteiger partial charge in [0, 0.05) is 6.42 Å². The van der Waals surface area contributed by atoms with E-state index in [1.807, 2.05) is 12.1 Å². The number of benzene rings is 1. The Kier molecular flexibility index (Phi) is 4.33. The van der Waals surface area contributed by atoms with Gasteiger partial charge in [-0.1, -0.05) is 29.8 Å². The Bertz CT molecular complexity index is 288. The third kappa shape index (κ3) is 4.19. The maximum atomic E-state index is 10.6. The highest BCUT2D eigenvalue weighted by molar-refractivity contribution is 5.75. The van der Waals surface area contributed by atoms with Crippen LogP contribution in [0.25, 0.3) is 0 Å². The van der Waals surface area contributed by atoms with Crippen molar-refractivity contribution in [3.63, 3.8) is 0 Å². The third-order valence-corrected chi connectivity index (χ3v) is 1.99. The molecule has 0 radical (unpaired) electrons. The molecule has 0 heterocycles. The van der Waals surface area contributed by atoms with Crippen LogP contribution in [0.3, 0.4) is 0 Å². The van der Waals surface area contributed by atoms with Gasteiger partial charge < -0.3 is 4.74 Å². The standard InChI is InChI=1S/C12H16O2/c1-10-3-5-12(6-4-10)9-14-8-7-11(2)13/h3-6H,7-9H2,1-2H3. The molecule has 0 spiro atoms. The van der Waals surface area contributed by atoms with Gasteiger partial charge in [0.2, 0.25) is 0 Å². The first-order valence-corrected chi connectivity index (χ1v) is 4.81. The van der Waals surface area contributed by atoms with Crippen LogP contribution in [0.5, 0.6) is 0 Å². The predicted octanol–water partition coefficient (Wildman–Crippen LogP) is 2.49. The van der Waals surface area contributed by atoms with E-state index in [-0.39, 0.29) is 5.78 Å². The molecular formula is C12H16O2. The number of Topliss-reactive ketones (excluding diaryl/α,β-unsaturated/α-hetero) is 1. The highest BCUT2D eigenvalue weighted by atomic mass is 16.5. The van der Waals surface area contributed by atoms with Crippen molar-refractivity contribution < 1.29 is 9.53 Å². The summed E-state index contributed by atoms with van der Waals surface area (Å²) >= 11 is 0. The Labute approximate surface area is 84.9 Å². The van der Waals surface area contributed by atoms with E-state index in [4.69, 9.17) is 4.74 Å². The summed E-state index contributed by atoms with van der Waals surface area (Å²) in [5.41, 5.74) is 2.40. The molecule has 0 saturated carbocycles.